The van der Waals surface area contributed by atoms with Crippen molar-refractivity contribution in [1.29, 1.82) is 0 Å². The first kappa shape index (κ1) is 9.53. The van der Waals surface area contributed by atoms with Crippen LogP contribution in [0.4, 0.5) is 0 Å². The van der Waals surface area contributed by atoms with Gasteiger partial charge in [0.15, 0.2) is 0 Å². The van der Waals surface area contributed by atoms with E-state index in [1.807, 2.05) is 13.0 Å². The van der Waals surface area contributed by atoms with Gasteiger partial charge in [0, 0.05) is 6.54 Å². The molecule has 1 aliphatic heterocycles. The van der Waals surface area contributed by atoms with Gasteiger partial charge in [0.25, 0.3) is 0 Å². The van der Waals surface area contributed by atoms with E-state index in [2.05, 4.69) is 18.3 Å². The summed E-state index contributed by atoms with van der Waals surface area (Å²) in [6.45, 7) is 6.27. The second-order valence-electron chi connectivity index (χ2n) is 4.11. The summed E-state index contributed by atoms with van der Waals surface area (Å²) in [5.41, 5.74) is 3.67. The third-order valence-electron chi connectivity index (χ3n) is 3.30. The Morgan fingerprint density at radius 2 is 2.07 bits per heavy atom. The van der Waals surface area contributed by atoms with Gasteiger partial charge in [0.2, 0.25) is 0 Å². The molecule has 1 fully saturated rings. The number of hydrogen-bond acceptors (Lipinski definition) is 2. The summed E-state index contributed by atoms with van der Waals surface area (Å²) in [5, 5.41) is 12.9. The maximum absolute atomic E-state index is 9.55. The van der Waals surface area contributed by atoms with Crippen LogP contribution < -0.4 is 5.32 Å². The van der Waals surface area contributed by atoms with Crippen molar-refractivity contribution in [2.24, 2.45) is 0 Å². The van der Waals surface area contributed by atoms with E-state index in [4.69, 9.17) is 0 Å². The molecule has 0 radical (unpaired) electrons. The molecule has 0 aromatic heterocycles. The largest absolute Gasteiger partial charge is 0.508 e. The standard InChI is InChI=1S/C12H17NO/c1-8-9(2)12(14)4-3-11(8)10-5-6-13-7-10/h3-4,10,13-14H,5-7H2,1-2H3. The highest BCUT2D eigenvalue weighted by molar-refractivity contribution is 5.44. The maximum atomic E-state index is 9.55. The predicted molar refractivity (Wildman–Crippen MR) is 57.8 cm³/mol. The Balaban J connectivity index is 2.38. The molecule has 0 amide bonds. The van der Waals surface area contributed by atoms with E-state index in [1.165, 1.54) is 17.5 Å². The zero-order valence-corrected chi connectivity index (χ0v) is 8.80. The molecule has 0 aliphatic carbocycles. The Bertz CT molecular complexity index is 340. The van der Waals surface area contributed by atoms with Gasteiger partial charge in [-0.15, -0.1) is 0 Å². The molecule has 0 spiro atoms. The van der Waals surface area contributed by atoms with Gasteiger partial charge in [0.1, 0.15) is 5.75 Å². The molecule has 14 heavy (non-hydrogen) atoms. The van der Waals surface area contributed by atoms with Gasteiger partial charge in [0.05, 0.1) is 0 Å². The van der Waals surface area contributed by atoms with Crippen molar-refractivity contribution in [3.8, 4) is 5.75 Å². The molecule has 1 aromatic rings. The first-order chi connectivity index (χ1) is 6.70. The van der Waals surface area contributed by atoms with Gasteiger partial charge in [-0.05, 0) is 55.5 Å². The zero-order chi connectivity index (χ0) is 10.1. The number of rotatable bonds is 1. The molecule has 2 N–H and O–H groups in total. The monoisotopic (exact) mass is 191 g/mol. The number of phenols is 1. The van der Waals surface area contributed by atoms with E-state index in [1.54, 1.807) is 0 Å². The lowest BCUT2D eigenvalue weighted by atomic mass is 9.91. The van der Waals surface area contributed by atoms with Crippen LogP contribution in [0.2, 0.25) is 0 Å². The lowest BCUT2D eigenvalue weighted by Gasteiger charge is -2.15. The zero-order valence-electron chi connectivity index (χ0n) is 8.80. The van der Waals surface area contributed by atoms with Crippen LogP contribution in [0.3, 0.4) is 0 Å². The molecular formula is C12H17NO. The number of benzene rings is 1. The van der Waals surface area contributed by atoms with Crippen molar-refractivity contribution >= 4 is 0 Å². The molecule has 1 heterocycles. The summed E-state index contributed by atoms with van der Waals surface area (Å²) in [6.07, 6.45) is 1.21. The van der Waals surface area contributed by atoms with E-state index in [-0.39, 0.29) is 0 Å². The molecule has 1 atom stereocenters. The van der Waals surface area contributed by atoms with Crippen LogP contribution in [0.25, 0.3) is 0 Å². The highest BCUT2D eigenvalue weighted by Gasteiger charge is 2.19. The minimum atomic E-state index is 0.414. The van der Waals surface area contributed by atoms with E-state index < -0.39 is 0 Å². The molecular weight excluding hydrogens is 174 g/mol. The van der Waals surface area contributed by atoms with Crippen molar-refractivity contribution in [2.75, 3.05) is 13.1 Å². The van der Waals surface area contributed by atoms with Crippen LogP contribution in [0, 0.1) is 13.8 Å². The summed E-state index contributed by atoms with van der Waals surface area (Å²) >= 11 is 0. The van der Waals surface area contributed by atoms with Gasteiger partial charge in [-0.2, -0.15) is 0 Å². The normalized spacial score (nSPS) is 21.4. The van der Waals surface area contributed by atoms with Crippen LogP contribution in [0.1, 0.15) is 29.0 Å². The van der Waals surface area contributed by atoms with Crippen molar-refractivity contribution in [3.05, 3.63) is 28.8 Å². The number of hydrogen-bond donors (Lipinski definition) is 2. The van der Waals surface area contributed by atoms with Gasteiger partial charge < -0.3 is 10.4 Å². The average molecular weight is 191 g/mol. The first-order valence-corrected chi connectivity index (χ1v) is 5.20. The van der Waals surface area contributed by atoms with Crippen molar-refractivity contribution in [3.63, 3.8) is 0 Å². The van der Waals surface area contributed by atoms with Gasteiger partial charge in [-0.25, -0.2) is 0 Å². The minimum Gasteiger partial charge on any atom is -0.508 e. The van der Waals surface area contributed by atoms with E-state index in [9.17, 15) is 5.11 Å². The van der Waals surface area contributed by atoms with Gasteiger partial charge in [-0.3, -0.25) is 0 Å². The fourth-order valence-corrected chi connectivity index (χ4v) is 2.19. The van der Waals surface area contributed by atoms with Crippen molar-refractivity contribution in [1.82, 2.24) is 5.32 Å². The Kier molecular flexibility index (Phi) is 2.46. The molecule has 1 aromatic carbocycles. The van der Waals surface area contributed by atoms with Crippen molar-refractivity contribution < 1.29 is 5.11 Å². The lowest BCUT2D eigenvalue weighted by molar-refractivity contribution is 0.470. The third kappa shape index (κ3) is 1.50. The van der Waals surface area contributed by atoms with Crippen LogP contribution >= 0.6 is 0 Å². The van der Waals surface area contributed by atoms with Crippen LogP contribution in [0.15, 0.2) is 12.1 Å². The molecule has 1 unspecified atom stereocenters. The van der Waals surface area contributed by atoms with E-state index in [0.717, 1.165) is 18.7 Å². The average Bonchev–Trinajstić information content (AvgIpc) is 2.67. The fourth-order valence-electron chi connectivity index (χ4n) is 2.19. The molecule has 2 heteroatoms. The van der Waals surface area contributed by atoms with Crippen LogP contribution in [0.5, 0.6) is 5.75 Å². The molecule has 1 saturated heterocycles. The summed E-state index contributed by atoms with van der Waals surface area (Å²) in [6, 6.07) is 3.88. The molecule has 2 nitrogen and oxygen atoms in total. The second-order valence-corrected chi connectivity index (χ2v) is 4.11. The summed E-state index contributed by atoms with van der Waals surface area (Å²) in [4.78, 5) is 0. The molecule has 1 aliphatic rings. The quantitative estimate of drug-likeness (QED) is 0.712. The second kappa shape index (κ2) is 3.62. The Hall–Kier alpha value is -1.02. The molecule has 76 valence electrons. The number of aromatic hydroxyl groups is 1. The lowest BCUT2D eigenvalue weighted by Crippen LogP contribution is -2.09. The molecule has 0 bridgehead atoms. The smallest absolute Gasteiger partial charge is 0.118 e. The summed E-state index contributed by atoms with van der Waals surface area (Å²) in [5.74, 6) is 1.05. The SMILES string of the molecule is Cc1c(O)ccc(C2CCNC2)c1C. The predicted octanol–water partition coefficient (Wildman–Crippen LogP) is 2.09. The fraction of sp³-hybridized carbons (Fsp3) is 0.500. The number of phenolic OH excluding ortho intramolecular Hbond substituents is 1. The Morgan fingerprint density at radius 1 is 1.29 bits per heavy atom. The first-order valence-electron chi connectivity index (χ1n) is 5.20. The highest BCUT2D eigenvalue weighted by Crippen LogP contribution is 2.30. The topological polar surface area (TPSA) is 32.3 Å². The van der Waals surface area contributed by atoms with E-state index in [0.29, 0.717) is 11.7 Å². The highest BCUT2D eigenvalue weighted by atomic mass is 16.3. The maximum Gasteiger partial charge on any atom is 0.118 e. The Labute approximate surface area is 85.0 Å². The van der Waals surface area contributed by atoms with Crippen molar-refractivity contribution in [2.45, 2.75) is 26.2 Å². The minimum absolute atomic E-state index is 0.414. The van der Waals surface area contributed by atoms with Gasteiger partial charge >= 0.3 is 0 Å². The van der Waals surface area contributed by atoms with Crippen LogP contribution in [-0.4, -0.2) is 18.2 Å². The Morgan fingerprint density at radius 3 is 2.71 bits per heavy atom. The van der Waals surface area contributed by atoms with Gasteiger partial charge in [-0.1, -0.05) is 6.07 Å². The summed E-state index contributed by atoms with van der Waals surface area (Å²) < 4.78 is 0. The van der Waals surface area contributed by atoms with E-state index >= 15 is 0 Å². The molecule has 0 saturated carbocycles. The summed E-state index contributed by atoms with van der Waals surface area (Å²) in [7, 11) is 0. The third-order valence-corrected chi connectivity index (χ3v) is 3.30. The molecule has 2 rings (SSSR count). The number of nitrogens with one attached hydrogen (secondary N) is 1. The van der Waals surface area contributed by atoms with Crippen LogP contribution in [-0.2, 0) is 0 Å².